The summed E-state index contributed by atoms with van der Waals surface area (Å²) < 4.78 is 37.4. The van der Waals surface area contributed by atoms with Crippen LogP contribution >= 0.6 is 12.4 Å². The van der Waals surface area contributed by atoms with E-state index in [1.54, 1.807) is 4.31 Å². The molecule has 102 valence electrons. The Balaban J connectivity index is 0.00000144. The fourth-order valence-electron chi connectivity index (χ4n) is 2.53. The SMILES string of the molecule is Cl.O=S(=O)(CCCF)N1CCC2CCC(C1)N2. The van der Waals surface area contributed by atoms with Crippen molar-refractivity contribution in [3.63, 3.8) is 0 Å². The Morgan fingerprint density at radius 2 is 1.94 bits per heavy atom. The van der Waals surface area contributed by atoms with Gasteiger partial charge in [0.05, 0.1) is 12.4 Å². The summed E-state index contributed by atoms with van der Waals surface area (Å²) in [5, 5.41) is 3.43. The predicted octanol–water partition coefficient (Wildman–Crippen LogP) is 0.924. The van der Waals surface area contributed by atoms with Crippen molar-refractivity contribution in [3.05, 3.63) is 0 Å². The van der Waals surface area contributed by atoms with E-state index in [1.807, 2.05) is 0 Å². The second-order valence-corrected chi connectivity index (χ2v) is 6.73. The van der Waals surface area contributed by atoms with Gasteiger partial charge in [0, 0.05) is 25.2 Å². The number of sulfonamides is 1. The number of hydrogen-bond donors (Lipinski definition) is 1. The van der Waals surface area contributed by atoms with Gasteiger partial charge in [0.15, 0.2) is 0 Å². The molecule has 0 amide bonds. The first-order valence-corrected chi connectivity index (χ1v) is 7.52. The third kappa shape index (κ3) is 3.77. The minimum Gasteiger partial charge on any atom is -0.310 e. The van der Waals surface area contributed by atoms with Crippen molar-refractivity contribution in [2.24, 2.45) is 0 Å². The number of rotatable bonds is 4. The lowest BCUT2D eigenvalue weighted by atomic mass is 10.1. The molecular weight excluding hydrogens is 267 g/mol. The number of nitrogens with zero attached hydrogens (tertiary/aromatic N) is 1. The average Bonchev–Trinajstić information content (AvgIpc) is 2.54. The molecule has 4 nitrogen and oxygen atoms in total. The maximum atomic E-state index is 12.0. The van der Waals surface area contributed by atoms with E-state index in [9.17, 15) is 12.8 Å². The molecule has 2 aliphatic heterocycles. The van der Waals surface area contributed by atoms with Crippen molar-refractivity contribution < 1.29 is 12.8 Å². The molecule has 0 aromatic rings. The number of fused-ring (bicyclic) bond motifs is 2. The Kier molecular flexibility index (Phi) is 5.63. The molecule has 0 radical (unpaired) electrons. The van der Waals surface area contributed by atoms with Crippen molar-refractivity contribution >= 4 is 22.4 Å². The molecule has 2 saturated heterocycles. The van der Waals surface area contributed by atoms with Crippen LogP contribution < -0.4 is 5.32 Å². The van der Waals surface area contributed by atoms with Gasteiger partial charge in [0.25, 0.3) is 0 Å². The topological polar surface area (TPSA) is 49.4 Å². The third-order valence-corrected chi connectivity index (χ3v) is 5.34. The van der Waals surface area contributed by atoms with Gasteiger partial charge in [0.1, 0.15) is 0 Å². The van der Waals surface area contributed by atoms with Crippen LogP contribution in [0.25, 0.3) is 0 Å². The Labute approximate surface area is 108 Å². The van der Waals surface area contributed by atoms with E-state index in [2.05, 4.69) is 5.32 Å². The zero-order chi connectivity index (χ0) is 11.6. The molecule has 1 N–H and O–H groups in total. The van der Waals surface area contributed by atoms with Crippen LogP contribution in [-0.4, -0.2) is 50.3 Å². The van der Waals surface area contributed by atoms with Crippen molar-refractivity contribution in [2.45, 2.75) is 37.8 Å². The third-order valence-electron chi connectivity index (χ3n) is 3.42. The van der Waals surface area contributed by atoms with Gasteiger partial charge >= 0.3 is 0 Å². The fraction of sp³-hybridized carbons (Fsp3) is 1.00. The smallest absolute Gasteiger partial charge is 0.214 e. The number of alkyl halides is 1. The van der Waals surface area contributed by atoms with E-state index in [4.69, 9.17) is 0 Å². The minimum absolute atomic E-state index is 0. The first-order valence-electron chi connectivity index (χ1n) is 5.91. The lowest BCUT2D eigenvalue weighted by Gasteiger charge is -2.23. The van der Waals surface area contributed by atoms with Gasteiger partial charge in [-0.05, 0) is 25.7 Å². The number of hydrogen-bond acceptors (Lipinski definition) is 3. The summed E-state index contributed by atoms with van der Waals surface area (Å²) in [4.78, 5) is 0. The van der Waals surface area contributed by atoms with E-state index in [0.29, 0.717) is 25.2 Å². The molecule has 2 heterocycles. The first kappa shape index (κ1) is 15.1. The van der Waals surface area contributed by atoms with Crippen LogP contribution in [0.15, 0.2) is 0 Å². The molecule has 0 spiro atoms. The fourth-order valence-corrected chi connectivity index (χ4v) is 4.05. The van der Waals surface area contributed by atoms with Gasteiger partial charge in [-0.3, -0.25) is 4.39 Å². The van der Waals surface area contributed by atoms with Crippen LogP contribution in [0.3, 0.4) is 0 Å². The Bertz CT molecular complexity index is 339. The van der Waals surface area contributed by atoms with Gasteiger partial charge in [0.2, 0.25) is 10.0 Å². The second-order valence-electron chi connectivity index (χ2n) is 4.64. The minimum atomic E-state index is -3.24. The molecule has 0 aliphatic carbocycles. The first-order chi connectivity index (χ1) is 7.62. The number of halogens is 2. The molecule has 0 saturated carbocycles. The molecule has 2 atom stereocenters. The normalized spacial score (nSPS) is 29.7. The Hall–Kier alpha value is 0.0900. The van der Waals surface area contributed by atoms with E-state index in [0.717, 1.165) is 19.3 Å². The average molecular weight is 287 g/mol. The van der Waals surface area contributed by atoms with Gasteiger partial charge < -0.3 is 5.32 Å². The molecule has 0 aromatic carbocycles. The van der Waals surface area contributed by atoms with Gasteiger partial charge in [-0.15, -0.1) is 12.4 Å². The van der Waals surface area contributed by atoms with Crippen LogP contribution in [0.1, 0.15) is 25.7 Å². The lowest BCUT2D eigenvalue weighted by molar-refractivity contribution is 0.380. The molecule has 2 rings (SSSR count). The maximum Gasteiger partial charge on any atom is 0.214 e. The quantitative estimate of drug-likeness (QED) is 0.836. The van der Waals surface area contributed by atoms with Crippen molar-refractivity contribution in [2.75, 3.05) is 25.5 Å². The summed E-state index contributed by atoms with van der Waals surface area (Å²) in [6, 6.07) is 0.777. The highest BCUT2D eigenvalue weighted by Crippen LogP contribution is 2.22. The summed E-state index contributed by atoms with van der Waals surface area (Å²) >= 11 is 0. The van der Waals surface area contributed by atoms with Gasteiger partial charge in [-0.25, -0.2) is 12.7 Å². The van der Waals surface area contributed by atoms with Crippen LogP contribution in [0, 0.1) is 0 Å². The Morgan fingerprint density at radius 1 is 1.24 bits per heavy atom. The molecule has 2 bridgehead atoms. The molecule has 2 fully saturated rings. The van der Waals surface area contributed by atoms with Crippen LogP contribution in [0.2, 0.25) is 0 Å². The molecule has 0 aromatic heterocycles. The number of nitrogens with one attached hydrogen (secondary N) is 1. The van der Waals surface area contributed by atoms with Crippen molar-refractivity contribution in [3.8, 4) is 0 Å². The van der Waals surface area contributed by atoms with Crippen LogP contribution in [0.4, 0.5) is 4.39 Å². The largest absolute Gasteiger partial charge is 0.310 e. The van der Waals surface area contributed by atoms with E-state index in [-0.39, 0.29) is 24.6 Å². The summed E-state index contributed by atoms with van der Waals surface area (Å²) in [5.41, 5.74) is 0. The summed E-state index contributed by atoms with van der Waals surface area (Å²) in [5.74, 6) is -0.0547. The summed E-state index contributed by atoms with van der Waals surface area (Å²) in [6.07, 6.45) is 3.20. The molecule has 2 unspecified atom stereocenters. The van der Waals surface area contributed by atoms with Crippen LogP contribution in [-0.2, 0) is 10.0 Å². The van der Waals surface area contributed by atoms with E-state index >= 15 is 0 Å². The van der Waals surface area contributed by atoms with E-state index in [1.165, 1.54) is 0 Å². The lowest BCUT2D eigenvalue weighted by Crippen LogP contribution is -2.40. The monoisotopic (exact) mass is 286 g/mol. The van der Waals surface area contributed by atoms with Crippen molar-refractivity contribution in [1.82, 2.24) is 9.62 Å². The molecule has 2 aliphatic rings. The maximum absolute atomic E-state index is 12.0. The van der Waals surface area contributed by atoms with Crippen molar-refractivity contribution in [1.29, 1.82) is 0 Å². The predicted molar refractivity (Wildman–Crippen MR) is 67.8 cm³/mol. The second kappa shape index (κ2) is 6.31. The highest BCUT2D eigenvalue weighted by atomic mass is 35.5. The van der Waals surface area contributed by atoms with E-state index < -0.39 is 16.7 Å². The highest BCUT2D eigenvalue weighted by molar-refractivity contribution is 7.89. The molecule has 17 heavy (non-hydrogen) atoms. The summed E-state index contributed by atoms with van der Waals surface area (Å²) in [6.45, 7) is 0.589. The van der Waals surface area contributed by atoms with Crippen LogP contribution in [0.5, 0.6) is 0 Å². The zero-order valence-electron chi connectivity index (χ0n) is 9.77. The summed E-state index contributed by atoms with van der Waals surface area (Å²) in [7, 11) is -3.24. The standard InChI is InChI=1S/C10H19FN2O2S.ClH/c11-5-1-7-16(14,15)13-6-4-9-2-3-10(8-13)12-9;/h9-10,12H,1-8H2;1H. The van der Waals surface area contributed by atoms with Gasteiger partial charge in [-0.2, -0.15) is 0 Å². The Morgan fingerprint density at radius 3 is 2.65 bits per heavy atom. The zero-order valence-corrected chi connectivity index (χ0v) is 11.4. The highest BCUT2D eigenvalue weighted by Gasteiger charge is 2.33. The molecule has 7 heteroatoms. The van der Waals surface area contributed by atoms with Gasteiger partial charge in [-0.1, -0.05) is 0 Å². The molecular formula is C10H20ClFN2O2S.